The van der Waals surface area contributed by atoms with Crippen LogP contribution in [0.2, 0.25) is 0 Å². The summed E-state index contributed by atoms with van der Waals surface area (Å²) in [6.07, 6.45) is 5.83. The zero-order valence-corrected chi connectivity index (χ0v) is 17.6. The zero-order chi connectivity index (χ0) is 22.1. The number of halogens is 2. The van der Waals surface area contributed by atoms with Crippen LogP contribution in [-0.4, -0.2) is 12.6 Å². The van der Waals surface area contributed by atoms with Crippen LogP contribution in [0.25, 0.3) is 11.1 Å². The number of ether oxygens (including phenoxy) is 2. The molecule has 3 rings (SSSR count). The van der Waals surface area contributed by atoms with Crippen molar-refractivity contribution in [1.82, 2.24) is 0 Å². The number of esters is 1. The highest BCUT2D eigenvalue weighted by Crippen LogP contribution is 2.24. The summed E-state index contributed by atoms with van der Waals surface area (Å²) in [5.74, 6) is -0.845. The predicted molar refractivity (Wildman–Crippen MR) is 117 cm³/mol. The van der Waals surface area contributed by atoms with Crippen molar-refractivity contribution in [2.45, 2.75) is 39.0 Å². The SMILES string of the molecule is CCCCCCCOc1ccc(OC(=O)c2ccc(-c3ccc(F)cc3)cc2F)cc1. The minimum atomic E-state index is -0.784. The van der Waals surface area contributed by atoms with Crippen molar-refractivity contribution in [2.24, 2.45) is 0 Å². The number of hydrogen-bond donors (Lipinski definition) is 0. The minimum Gasteiger partial charge on any atom is -0.494 e. The average Bonchev–Trinajstić information content (AvgIpc) is 2.77. The molecule has 5 heteroatoms. The molecule has 0 saturated carbocycles. The van der Waals surface area contributed by atoms with Crippen molar-refractivity contribution >= 4 is 5.97 Å². The Morgan fingerprint density at radius 2 is 1.42 bits per heavy atom. The second-order valence-corrected chi connectivity index (χ2v) is 7.33. The van der Waals surface area contributed by atoms with Gasteiger partial charge < -0.3 is 9.47 Å². The molecular formula is C26H26F2O3. The summed E-state index contributed by atoms with van der Waals surface area (Å²) >= 11 is 0. The van der Waals surface area contributed by atoms with Gasteiger partial charge in [-0.3, -0.25) is 0 Å². The van der Waals surface area contributed by atoms with Crippen molar-refractivity contribution in [2.75, 3.05) is 6.61 Å². The number of unbranched alkanes of at least 4 members (excludes halogenated alkanes) is 4. The molecule has 3 nitrogen and oxygen atoms in total. The summed E-state index contributed by atoms with van der Waals surface area (Å²) in [5, 5.41) is 0. The van der Waals surface area contributed by atoms with Gasteiger partial charge in [-0.15, -0.1) is 0 Å². The van der Waals surface area contributed by atoms with Crippen LogP contribution >= 0.6 is 0 Å². The zero-order valence-electron chi connectivity index (χ0n) is 17.6. The average molecular weight is 424 g/mol. The van der Waals surface area contributed by atoms with Crippen LogP contribution in [0.15, 0.2) is 66.7 Å². The molecule has 31 heavy (non-hydrogen) atoms. The van der Waals surface area contributed by atoms with Crippen LogP contribution in [-0.2, 0) is 0 Å². The molecule has 0 heterocycles. The van der Waals surface area contributed by atoms with Gasteiger partial charge in [0.2, 0.25) is 0 Å². The molecule has 3 aromatic rings. The van der Waals surface area contributed by atoms with E-state index in [1.54, 1.807) is 42.5 Å². The molecule has 0 fully saturated rings. The van der Waals surface area contributed by atoms with Crippen LogP contribution < -0.4 is 9.47 Å². The van der Waals surface area contributed by atoms with Gasteiger partial charge in [0.25, 0.3) is 0 Å². The maximum atomic E-state index is 14.5. The van der Waals surface area contributed by atoms with Gasteiger partial charge in [-0.2, -0.15) is 0 Å². The van der Waals surface area contributed by atoms with E-state index in [9.17, 15) is 13.6 Å². The van der Waals surface area contributed by atoms with E-state index in [1.165, 1.54) is 43.5 Å². The first-order valence-corrected chi connectivity index (χ1v) is 10.6. The van der Waals surface area contributed by atoms with Crippen LogP contribution in [0.5, 0.6) is 11.5 Å². The van der Waals surface area contributed by atoms with Gasteiger partial charge in [-0.25, -0.2) is 13.6 Å². The molecule has 0 N–H and O–H groups in total. The molecule has 0 unspecified atom stereocenters. The van der Waals surface area contributed by atoms with Crippen molar-refractivity contribution in [3.05, 3.63) is 83.9 Å². The van der Waals surface area contributed by atoms with E-state index in [0.717, 1.165) is 12.8 Å². The molecule has 0 saturated heterocycles. The topological polar surface area (TPSA) is 35.5 Å². The Morgan fingerprint density at radius 1 is 0.774 bits per heavy atom. The number of carbonyl (C=O) groups excluding carboxylic acids is 1. The van der Waals surface area contributed by atoms with Crippen LogP contribution in [0.1, 0.15) is 49.4 Å². The quantitative estimate of drug-likeness (QED) is 0.196. The number of benzene rings is 3. The minimum absolute atomic E-state index is 0.168. The summed E-state index contributed by atoms with van der Waals surface area (Å²) < 4.78 is 38.5. The van der Waals surface area contributed by atoms with E-state index >= 15 is 0 Å². The molecule has 0 atom stereocenters. The largest absolute Gasteiger partial charge is 0.494 e. The fourth-order valence-corrected chi connectivity index (χ4v) is 3.16. The first-order valence-electron chi connectivity index (χ1n) is 10.6. The van der Waals surface area contributed by atoms with E-state index in [0.29, 0.717) is 29.2 Å². The second-order valence-electron chi connectivity index (χ2n) is 7.33. The lowest BCUT2D eigenvalue weighted by atomic mass is 10.0. The van der Waals surface area contributed by atoms with Crippen molar-refractivity contribution in [3.8, 4) is 22.6 Å². The lowest BCUT2D eigenvalue weighted by Gasteiger charge is -2.09. The number of rotatable bonds is 10. The fraction of sp³-hybridized carbons (Fsp3) is 0.269. The molecular weight excluding hydrogens is 398 g/mol. The van der Waals surface area contributed by atoms with E-state index < -0.39 is 11.8 Å². The van der Waals surface area contributed by atoms with E-state index in [4.69, 9.17) is 9.47 Å². The smallest absolute Gasteiger partial charge is 0.346 e. The normalized spacial score (nSPS) is 10.7. The number of carbonyl (C=O) groups is 1. The van der Waals surface area contributed by atoms with Crippen LogP contribution in [0, 0.1) is 11.6 Å². The molecule has 162 valence electrons. The Bertz CT molecular complexity index is 983. The highest BCUT2D eigenvalue weighted by Gasteiger charge is 2.15. The Hall–Kier alpha value is -3.21. The molecule has 0 aliphatic carbocycles. The predicted octanol–water partition coefficient (Wildman–Crippen LogP) is 7.20. The standard InChI is InChI=1S/C26H26F2O3/c1-2-3-4-5-6-17-30-22-12-14-23(15-13-22)31-26(29)24-16-9-20(18-25(24)28)19-7-10-21(27)11-8-19/h7-16,18H,2-6,17H2,1H3. The van der Waals surface area contributed by atoms with Gasteiger partial charge in [0.1, 0.15) is 23.1 Å². The summed E-state index contributed by atoms with van der Waals surface area (Å²) in [7, 11) is 0. The molecule has 0 radical (unpaired) electrons. The van der Waals surface area contributed by atoms with E-state index in [1.807, 2.05) is 0 Å². The molecule has 3 aromatic carbocycles. The van der Waals surface area contributed by atoms with Gasteiger partial charge >= 0.3 is 5.97 Å². The Kier molecular flexibility index (Phi) is 8.16. The fourth-order valence-electron chi connectivity index (χ4n) is 3.16. The lowest BCUT2D eigenvalue weighted by Crippen LogP contribution is -2.10. The lowest BCUT2D eigenvalue weighted by molar-refractivity contribution is 0.0729. The maximum absolute atomic E-state index is 14.5. The van der Waals surface area contributed by atoms with Gasteiger partial charge in [-0.1, -0.05) is 50.8 Å². The first-order chi connectivity index (χ1) is 15.1. The number of hydrogen-bond acceptors (Lipinski definition) is 3. The summed E-state index contributed by atoms with van der Waals surface area (Å²) in [4.78, 5) is 12.4. The molecule has 0 amide bonds. The molecule has 0 aliphatic heterocycles. The van der Waals surface area contributed by atoms with Crippen LogP contribution in [0.4, 0.5) is 8.78 Å². The Balaban J connectivity index is 1.55. The first kappa shape index (κ1) is 22.5. The third kappa shape index (κ3) is 6.64. The third-order valence-electron chi connectivity index (χ3n) is 4.92. The van der Waals surface area contributed by atoms with Gasteiger partial charge in [0.05, 0.1) is 12.2 Å². The van der Waals surface area contributed by atoms with Crippen molar-refractivity contribution < 1.29 is 23.0 Å². The second kappa shape index (κ2) is 11.3. The van der Waals surface area contributed by atoms with Crippen molar-refractivity contribution in [3.63, 3.8) is 0 Å². The highest BCUT2D eigenvalue weighted by atomic mass is 19.1. The summed E-state index contributed by atoms with van der Waals surface area (Å²) in [5.41, 5.74) is 1.03. The highest BCUT2D eigenvalue weighted by molar-refractivity contribution is 5.92. The molecule has 0 spiro atoms. The van der Waals surface area contributed by atoms with Gasteiger partial charge in [-0.05, 0) is 66.1 Å². The molecule has 0 aliphatic rings. The van der Waals surface area contributed by atoms with Gasteiger partial charge in [0, 0.05) is 0 Å². The van der Waals surface area contributed by atoms with E-state index in [2.05, 4.69) is 6.92 Å². The van der Waals surface area contributed by atoms with Crippen molar-refractivity contribution in [1.29, 1.82) is 0 Å². The van der Waals surface area contributed by atoms with E-state index in [-0.39, 0.29) is 11.4 Å². The monoisotopic (exact) mass is 424 g/mol. The molecule has 0 aromatic heterocycles. The maximum Gasteiger partial charge on any atom is 0.346 e. The van der Waals surface area contributed by atoms with Gasteiger partial charge in [0.15, 0.2) is 0 Å². The summed E-state index contributed by atoms with van der Waals surface area (Å²) in [6, 6.07) is 16.6. The van der Waals surface area contributed by atoms with Crippen LogP contribution in [0.3, 0.4) is 0 Å². The summed E-state index contributed by atoms with van der Waals surface area (Å²) in [6.45, 7) is 2.83. The Labute approximate surface area is 181 Å². The third-order valence-corrected chi connectivity index (χ3v) is 4.92. The Morgan fingerprint density at radius 3 is 2.10 bits per heavy atom. The molecule has 0 bridgehead atoms.